The van der Waals surface area contributed by atoms with Gasteiger partial charge in [-0.25, -0.2) is 4.98 Å². The van der Waals surface area contributed by atoms with E-state index in [4.69, 9.17) is 0 Å². The lowest BCUT2D eigenvalue weighted by Gasteiger charge is -2.06. The number of aryl methyl sites for hydroxylation is 1. The van der Waals surface area contributed by atoms with Crippen molar-refractivity contribution in [2.45, 2.75) is 6.92 Å². The van der Waals surface area contributed by atoms with Crippen LogP contribution in [0.1, 0.15) is 15.9 Å². The molecule has 0 radical (unpaired) electrons. The number of hydrogen-bond acceptors (Lipinski definition) is 2. The number of carbonyl (C=O) groups excluding carboxylic acids is 1. The quantitative estimate of drug-likeness (QED) is 0.469. The molecule has 0 aliphatic heterocycles. The van der Waals surface area contributed by atoms with E-state index in [-0.39, 0.29) is 5.91 Å². The minimum Gasteiger partial charge on any atom is -0.338 e. The molecule has 4 rings (SSSR count). The number of hydrogen-bond donors (Lipinski definition) is 2. The molecule has 26 heavy (non-hydrogen) atoms. The van der Waals surface area contributed by atoms with Crippen molar-refractivity contribution >= 4 is 38.6 Å². The Morgan fingerprint density at radius 1 is 1.04 bits per heavy atom. The normalized spacial score (nSPS) is 10.8. The van der Waals surface area contributed by atoms with E-state index in [0.717, 1.165) is 32.6 Å². The number of aromatic nitrogens is 2. The summed E-state index contributed by atoms with van der Waals surface area (Å²) in [6.45, 7) is 2.05. The Hall–Kier alpha value is -2.92. The zero-order valence-electron chi connectivity index (χ0n) is 14.1. The molecule has 1 heterocycles. The highest BCUT2D eigenvalue weighted by Gasteiger charge is 2.08. The van der Waals surface area contributed by atoms with Gasteiger partial charge in [-0.15, -0.1) is 0 Å². The van der Waals surface area contributed by atoms with Crippen LogP contribution in [-0.2, 0) is 0 Å². The van der Waals surface area contributed by atoms with Gasteiger partial charge in [0.1, 0.15) is 5.82 Å². The van der Waals surface area contributed by atoms with E-state index in [0.29, 0.717) is 5.56 Å². The van der Waals surface area contributed by atoms with Crippen LogP contribution in [0.2, 0.25) is 0 Å². The molecule has 0 unspecified atom stereocenters. The van der Waals surface area contributed by atoms with E-state index in [2.05, 4.69) is 50.3 Å². The number of aromatic amines is 1. The Labute approximate surface area is 159 Å². The first kappa shape index (κ1) is 16.5. The molecule has 0 saturated heterocycles. The van der Waals surface area contributed by atoms with Crippen molar-refractivity contribution in [2.24, 2.45) is 0 Å². The zero-order chi connectivity index (χ0) is 18.1. The molecule has 1 aromatic heterocycles. The van der Waals surface area contributed by atoms with Crippen molar-refractivity contribution in [1.82, 2.24) is 9.97 Å². The summed E-state index contributed by atoms with van der Waals surface area (Å²) in [6, 6.07) is 21.1. The van der Waals surface area contributed by atoms with Gasteiger partial charge in [0, 0.05) is 21.3 Å². The third-order valence-electron chi connectivity index (χ3n) is 4.14. The topological polar surface area (TPSA) is 57.8 Å². The number of carbonyl (C=O) groups is 1. The van der Waals surface area contributed by atoms with Crippen LogP contribution >= 0.6 is 15.9 Å². The van der Waals surface area contributed by atoms with Crippen LogP contribution in [0.3, 0.4) is 0 Å². The van der Waals surface area contributed by atoms with E-state index < -0.39 is 0 Å². The standard InChI is InChI=1S/C21H16BrN3O/c1-13-5-10-18-19(11-13)25-20(24-18)14-6-8-17(9-7-14)23-21(26)15-3-2-4-16(22)12-15/h2-12H,1H3,(H,23,26)(H,24,25). The number of nitrogens with one attached hydrogen (secondary N) is 2. The molecule has 0 fully saturated rings. The maximum absolute atomic E-state index is 12.3. The van der Waals surface area contributed by atoms with Gasteiger partial charge >= 0.3 is 0 Å². The summed E-state index contributed by atoms with van der Waals surface area (Å²) in [7, 11) is 0. The van der Waals surface area contributed by atoms with E-state index in [1.807, 2.05) is 42.5 Å². The summed E-state index contributed by atoms with van der Waals surface area (Å²) in [5.74, 6) is 0.675. The third-order valence-corrected chi connectivity index (χ3v) is 4.63. The molecule has 0 atom stereocenters. The lowest BCUT2D eigenvalue weighted by Crippen LogP contribution is -2.11. The molecule has 0 aliphatic carbocycles. The first-order valence-corrected chi connectivity index (χ1v) is 9.01. The van der Waals surface area contributed by atoms with Gasteiger partial charge in [-0.1, -0.05) is 28.1 Å². The van der Waals surface area contributed by atoms with Crippen molar-refractivity contribution in [2.75, 3.05) is 5.32 Å². The van der Waals surface area contributed by atoms with Crippen LogP contribution in [-0.4, -0.2) is 15.9 Å². The fourth-order valence-electron chi connectivity index (χ4n) is 2.80. The molecule has 0 bridgehead atoms. The summed E-state index contributed by atoms with van der Waals surface area (Å²) in [4.78, 5) is 20.3. The van der Waals surface area contributed by atoms with Crippen molar-refractivity contribution in [1.29, 1.82) is 0 Å². The molecule has 4 aromatic rings. The van der Waals surface area contributed by atoms with Gasteiger partial charge in [0.15, 0.2) is 0 Å². The van der Waals surface area contributed by atoms with E-state index >= 15 is 0 Å². The van der Waals surface area contributed by atoms with Crippen LogP contribution in [0.25, 0.3) is 22.4 Å². The predicted octanol–water partition coefficient (Wildman–Crippen LogP) is 5.55. The summed E-state index contributed by atoms with van der Waals surface area (Å²) in [5, 5.41) is 2.91. The fraction of sp³-hybridized carbons (Fsp3) is 0.0476. The van der Waals surface area contributed by atoms with Gasteiger partial charge < -0.3 is 10.3 Å². The minimum atomic E-state index is -0.140. The second kappa shape index (κ2) is 6.77. The first-order valence-electron chi connectivity index (χ1n) is 8.22. The number of anilines is 1. The Morgan fingerprint density at radius 3 is 2.62 bits per heavy atom. The Balaban J connectivity index is 1.55. The average molecular weight is 406 g/mol. The van der Waals surface area contributed by atoms with Crippen LogP contribution in [0.15, 0.2) is 71.2 Å². The SMILES string of the molecule is Cc1ccc2[nH]c(-c3ccc(NC(=O)c4cccc(Br)c4)cc3)nc2c1. The van der Waals surface area contributed by atoms with Crippen LogP contribution in [0.5, 0.6) is 0 Å². The molecule has 4 nitrogen and oxygen atoms in total. The molecule has 2 N–H and O–H groups in total. The maximum Gasteiger partial charge on any atom is 0.255 e. The fourth-order valence-corrected chi connectivity index (χ4v) is 3.20. The van der Waals surface area contributed by atoms with Crippen molar-refractivity contribution in [3.63, 3.8) is 0 Å². The summed E-state index contributed by atoms with van der Waals surface area (Å²) in [5.41, 5.74) is 5.46. The van der Waals surface area contributed by atoms with Crippen molar-refractivity contribution < 1.29 is 4.79 Å². The van der Waals surface area contributed by atoms with Gasteiger partial charge in [-0.3, -0.25) is 4.79 Å². The molecule has 0 aliphatic rings. The van der Waals surface area contributed by atoms with E-state index in [1.165, 1.54) is 5.56 Å². The monoisotopic (exact) mass is 405 g/mol. The number of H-pyrrole nitrogens is 1. The number of amides is 1. The summed E-state index contributed by atoms with van der Waals surface area (Å²) < 4.78 is 0.876. The first-order chi connectivity index (χ1) is 12.6. The molecular formula is C21H16BrN3O. The number of benzene rings is 3. The number of fused-ring (bicyclic) bond motifs is 1. The highest BCUT2D eigenvalue weighted by Crippen LogP contribution is 2.23. The molecular weight excluding hydrogens is 390 g/mol. The highest BCUT2D eigenvalue weighted by molar-refractivity contribution is 9.10. The molecule has 128 valence electrons. The smallest absolute Gasteiger partial charge is 0.255 e. The molecule has 0 saturated carbocycles. The second-order valence-corrected chi connectivity index (χ2v) is 7.06. The van der Waals surface area contributed by atoms with E-state index in [1.54, 1.807) is 12.1 Å². The maximum atomic E-state index is 12.3. The number of imidazole rings is 1. The third kappa shape index (κ3) is 3.39. The molecule has 0 spiro atoms. The Bertz CT molecular complexity index is 1100. The lowest BCUT2D eigenvalue weighted by molar-refractivity contribution is 0.102. The Kier molecular flexibility index (Phi) is 4.31. The molecule has 3 aromatic carbocycles. The van der Waals surface area contributed by atoms with Gasteiger partial charge in [0.2, 0.25) is 0 Å². The largest absolute Gasteiger partial charge is 0.338 e. The van der Waals surface area contributed by atoms with Crippen molar-refractivity contribution in [3.8, 4) is 11.4 Å². The summed E-state index contributed by atoms with van der Waals surface area (Å²) >= 11 is 3.38. The second-order valence-electron chi connectivity index (χ2n) is 6.15. The van der Waals surface area contributed by atoms with Crippen LogP contribution in [0.4, 0.5) is 5.69 Å². The van der Waals surface area contributed by atoms with Gasteiger partial charge in [-0.2, -0.15) is 0 Å². The summed E-state index contributed by atoms with van der Waals surface area (Å²) in [6.07, 6.45) is 0. The number of nitrogens with zero attached hydrogens (tertiary/aromatic N) is 1. The average Bonchev–Trinajstić information content (AvgIpc) is 3.05. The minimum absolute atomic E-state index is 0.140. The molecule has 1 amide bonds. The van der Waals surface area contributed by atoms with Crippen LogP contribution < -0.4 is 5.32 Å². The van der Waals surface area contributed by atoms with Gasteiger partial charge in [0.25, 0.3) is 5.91 Å². The lowest BCUT2D eigenvalue weighted by atomic mass is 10.1. The number of halogens is 1. The van der Waals surface area contributed by atoms with Gasteiger partial charge in [0.05, 0.1) is 11.0 Å². The highest BCUT2D eigenvalue weighted by atomic mass is 79.9. The number of rotatable bonds is 3. The predicted molar refractivity (Wildman–Crippen MR) is 108 cm³/mol. The van der Waals surface area contributed by atoms with Crippen LogP contribution in [0, 0.1) is 6.92 Å². The zero-order valence-corrected chi connectivity index (χ0v) is 15.7. The molecule has 5 heteroatoms. The van der Waals surface area contributed by atoms with Gasteiger partial charge in [-0.05, 0) is 67.1 Å². The van der Waals surface area contributed by atoms with Crippen molar-refractivity contribution in [3.05, 3.63) is 82.3 Å². The van der Waals surface area contributed by atoms with E-state index in [9.17, 15) is 4.79 Å². The Morgan fingerprint density at radius 2 is 1.85 bits per heavy atom.